The van der Waals surface area contributed by atoms with Gasteiger partial charge in [-0.1, -0.05) is 0 Å². The number of carbonyl (C=O) groups is 2. The normalized spacial score (nSPS) is 9.17. The number of rotatable bonds is 5. The Bertz CT molecular complexity index is 160. The van der Waals surface area contributed by atoms with Gasteiger partial charge < -0.3 is 20.9 Å². The number of esters is 2. The Morgan fingerprint density at radius 2 is 1.75 bits per heavy atom. The molecule has 0 spiro atoms. The van der Waals surface area contributed by atoms with Crippen LogP contribution in [0.15, 0.2) is 0 Å². The number of carbonyl (C=O) groups excluding carboxylic acids is 2. The molecule has 4 N–H and O–H groups in total. The Labute approximate surface area is 69.8 Å². The molecule has 0 amide bonds. The zero-order valence-corrected chi connectivity index (χ0v) is 6.62. The van der Waals surface area contributed by atoms with Crippen LogP contribution in [0.5, 0.6) is 0 Å². The van der Waals surface area contributed by atoms with Gasteiger partial charge in [-0.2, -0.15) is 0 Å². The molecule has 0 fully saturated rings. The molecule has 0 aliphatic carbocycles. The third-order valence-electron chi connectivity index (χ3n) is 0.899. The Balaban J connectivity index is 3.37. The summed E-state index contributed by atoms with van der Waals surface area (Å²) in [6.45, 7) is -0.282. The minimum absolute atomic E-state index is 0.124. The van der Waals surface area contributed by atoms with Gasteiger partial charge in [0.2, 0.25) is 0 Å². The summed E-state index contributed by atoms with van der Waals surface area (Å²) >= 11 is 0. The number of nitrogens with two attached hydrogens (primary N) is 2. The fraction of sp³-hybridized carbons (Fsp3) is 0.667. The van der Waals surface area contributed by atoms with Crippen LogP contribution in [0.4, 0.5) is 0 Å². The quantitative estimate of drug-likeness (QED) is 0.469. The van der Waals surface area contributed by atoms with E-state index in [2.05, 4.69) is 9.47 Å². The minimum Gasteiger partial charge on any atom is -0.462 e. The van der Waals surface area contributed by atoms with Crippen molar-refractivity contribution < 1.29 is 19.1 Å². The molecule has 0 saturated carbocycles. The van der Waals surface area contributed by atoms with E-state index in [4.69, 9.17) is 11.5 Å². The standard InChI is InChI=1S/C6H12N2O4/c7-1-2-11-6(10)4-12-5(9)3-8/h1-4,7-8H2. The molecule has 70 valence electrons. The molecule has 0 aromatic rings. The van der Waals surface area contributed by atoms with E-state index < -0.39 is 18.5 Å². The van der Waals surface area contributed by atoms with Crippen LogP contribution >= 0.6 is 0 Å². The Kier molecular flexibility index (Phi) is 5.94. The molecule has 6 heteroatoms. The highest BCUT2D eigenvalue weighted by atomic mass is 16.6. The highest BCUT2D eigenvalue weighted by Crippen LogP contribution is 1.81. The molecule has 0 rings (SSSR count). The van der Waals surface area contributed by atoms with Crippen LogP contribution in [0.2, 0.25) is 0 Å². The Hall–Kier alpha value is -1.14. The first-order valence-electron chi connectivity index (χ1n) is 3.42. The first-order chi connectivity index (χ1) is 5.70. The van der Waals surface area contributed by atoms with Crippen molar-refractivity contribution in [2.24, 2.45) is 11.5 Å². The first kappa shape index (κ1) is 10.9. The summed E-state index contributed by atoms with van der Waals surface area (Å²) in [4.78, 5) is 21.0. The maximum atomic E-state index is 10.6. The predicted molar refractivity (Wildman–Crippen MR) is 40.0 cm³/mol. The molecule has 0 heterocycles. The van der Waals surface area contributed by atoms with Gasteiger partial charge in [0.05, 0.1) is 6.54 Å². The van der Waals surface area contributed by atoms with Crippen LogP contribution in [0, 0.1) is 0 Å². The van der Waals surface area contributed by atoms with Crippen molar-refractivity contribution in [2.45, 2.75) is 0 Å². The summed E-state index contributed by atoms with van der Waals surface area (Å²) in [5.41, 5.74) is 9.97. The van der Waals surface area contributed by atoms with Crippen molar-refractivity contribution in [1.29, 1.82) is 0 Å². The van der Waals surface area contributed by atoms with Crippen molar-refractivity contribution >= 4 is 11.9 Å². The topological polar surface area (TPSA) is 105 Å². The summed E-state index contributed by atoms with van der Waals surface area (Å²) in [6.07, 6.45) is 0. The van der Waals surface area contributed by atoms with Gasteiger partial charge >= 0.3 is 11.9 Å². The first-order valence-corrected chi connectivity index (χ1v) is 3.42. The van der Waals surface area contributed by atoms with Crippen LogP contribution in [0.25, 0.3) is 0 Å². The summed E-state index contributed by atoms with van der Waals surface area (Å²) in [7, 11) is 0. The average molecular weight is 176 g/mol. The fourth-order valence-electron chi connectivity index (χ4n) is 0.413. The number of ether oxygens (including phenoxy) is 2. The summed E-state index contributed by atoms with van der Waals surface area (Å²) in [5.74, 6) is -1.26. The van der Waals surface area contributed by atoms with Gasteiger partial charge in [-0.15, -0.1) is 0 Å². The van der Waals surface area contributed by atoms with Gasteiger partial charge in [-0.05, 0) is 0 Å². The van der Waals surface area contributed by atoms with Gasteiger partial charge in [0.15, 0.2) is 6.61 Å². The van der Waals surface area contributed by atoms with Gasteiger partial charge in [0.1, 0.15) is 6.61 Å². The fourth-order valence-corrected chi connectivity index (χ4v) is 0.413. The zero-order valence-electron chi connectivity index (χ0n) is 6.62. The molecule has 0 aromatic carbocycles. The zero-order chi connectivity index (χ0) is 9.40. The molecule has 0 aliphatic heterocycles. The van der Waals surface area contributed by atoms with Crippen molar-refractivity contribution in [3.63, 3.8) is 0 Å². The predicted octanol–water partition coefficient (Wildman–Crippen LogP) is -2.01. The van der Waals surface area contributed by atoms with Crippen molar-refractivity contribution in [2.75, 3.05) is 26.3 Å². The van der Waals surface area contributed by atoms with Crippen LogP contribution in [-0.2, 0) is 19.1 Å². The molecular weight excluding hydrogens is 164 g/mol. The Morgan fingerprint density at radius 1 is 1.08 bits per heavy atom. The smallest absolute Gasteiger partial charge is 0.344 e. The molecular formula is C6H12N2O4. The molecule has 0 unspecified atom stereocenters. The van der Waals surface area contributed by atoms with Crippen LogP contribution in [-0.4, -0.2) is 38.2 Å². The lowest BCUT2D eigenvalue weighted by molar-refractivity contribution is -0.157. The van der Waals surface area contributed by atoms with Crippen LogP contribution in [0.3, 0.4) is 0 Å². The lowest BCUT2D eigenvalue weighted by Crippen LogP contribution is -2.23. The number of hydrogen-bond acceptors (Lipinski definition) is 6. The molecule has 12 heavy (non-hydrogen) atoms. The van der Waals surface area contributed by atoms with Crippen LogP contribution in [0.1, 0.15) is 0 Å². The minimum atomic E-state index is -0.639. The molecule has 0 aliphatic rings. The molecule has 0 bridgehead atoms. The molecule has 6 nitrogen and oxygen atoms in total. The largest absolute Gasteiger partial charge is 0.462 e. The second-order valence-electron chi connectivity index (χ2n) is 1.87. The number of hydrogen-bond donors (Lipinski definition) is 2. The van der Waals surface area contributed by atoms with E-state index in [1.165, 1.54) is 0 Å². The van der Waals surface area contributed by atoms with Crippen molar-refractivity contribution in [3.05, 3.63) is 0 Å². The van der Waals surface area contributed by atoms with E-state index in [1.807, 2.05) is 0 Å². The highest BCUT2D eigenvalue weighted by Gasteiger charge is 2.05. The maximum Gasteiger partial charge on any atom is 0.344 e. The lowest BCUT2D eigenvalue weighted by atomic mass is 10.6. The van der Waals surface area contributed by atoms with E-state index >= 15 is 0 Å². The third-order valence-corrected chi connectivity index (χ3v) is 0.899. The maximum absolute atomic E-state index is 10.6. The van der Waals surface area contributed by atoms with E-state index in [-0.39, 0.29) is 19.7 Å². The molecule has 0 saturated heterocycles. The van der Waals surface area contributed by atoms with E-state index in [9.17, 15) is 9.59 Å². The molecule has 0 aromatic heterocycles. The SMILES string of the molecule is NCCOC(=O)COC(=O)CN. The second-order valence-corrected chi connectivity index (χ2v) is 1.87. The summed E-state index contributed by atoms with van der Waals surface area (Å²) < 4.78 is 8.87. The highest BCUT2D eigenvalue weighted by molar-refractivity contribution is 5.77. The van der Waals surface area contributed by atoms with Gasteiger partial charge in [0.25, 0.3) is 0 Å². The average Bonchev–Trinajstić information content (AvgIpc) is 2.10. The third kappa shape index (κ3) is 5.63. The van der Waals surface area contributed by atoms with E-state index in [0.717, 1.165) is 0 Å². The second kappa shape index (κ2) is 6.56. The Morgan fingerprint density at radius 3 is 2.25 bits per heavy atom. The van der Waals surface area contributed by atoms with Crippen molar-refractivity contribution in [3.8, 4) is 0 Å². The van der Waals surface area contributed by atoms with E-state index in [0.29, 0.717) is 0 Å². The summed E-state index contributed by atoms with van der Waals surface area (Å²) in [5, 5.41) is 0. The molecule has 0 radical (unpaired) electrons. The van der Waals surface area contributed by atoms with Crippen LogP contribution < -0.4 is 11.5 Å². The van der Waals surface area contributed by atoms with E-state index in [1.54, 1.807) is 0 Å². The van der Waals surface area contributed by atoms with Crippen molar-refractivity contribution in [1.82, 2.24) is 0 Å². The monoisotopic (exact) mass is 176 g/mol. The molecule has 0 atom stereocenters. The van der Waals surface area contributed by atoms with Gasteiger partial charge in [0, 0.05) is 6.54 Å². The lowest BCUT2D eigenvalue weighted by Gasteiger charge is -2.03. The summed E-state index contributed by atoms with van der Waals surface area (Å²) in [6, 6.07) is 0. The van der Waals surface area contributed by atoms with Gasteiger partial charge in [-0.25, -0.2) is 4.79 Å². The van der Waals surface area contributed by atoms with Gasteiger partial charge in [-0.3, -0.25) is 4.79 Å².